The molecule has 1 aromatic carbocycles. The summed E-state index contributed by atoms with van der Waals surface area (Å²) < 4.78 is 13.0. The second kappa shape index (κ2) is 6.01. The lowest BCUT2D eigenvalue weighted by atomic mass is 10.1. The van der Waals surface area contributed by atoms with E-state index in [1.165, 1.54) is 12.1 Å². The zero-order valence-electron chi connectivity index (χ0n) is 11.0. The monoisotopic (exact) mass is 274 g/mol. The molecule has 0 saturated heterocycles. The Morgan fingerprint density at radius 1 is 1.45 bits per heavy atom. The molecule has 0 amide bonds. The molecule has 2 aromatic rings. The van der Waals surface area contributed by atoms with Crippen LogP contribution in [0.15, 0.2) is 41.7 Å². The third-order valence-electron chi connectivity index (χ3n) is 2.90. The number of halogens is 1. The molecule has 0 aliphatic carbocycles. The first-order valence-electron chi connectivity index (χ1n) is 6.03. The van der Waals surface area contributed by atoms with Gasteiger partial charge in [0.15, 0.2) is 5.84 Å². The molecule has 5 nitrogen and oxygen atoms in total. The van der Waals surface area contributed by atoms with Crippen LogP contribution in [0, 0.1) is 12.7 Å². The molecular formula is C14H15FN4O. The van der Waals surface area contributed by atoms with Crippen molar-refractivity contribution in [2.24, 2.45) is 10.9 Å². The van der Waals surface area contributed by atoms with E-state index < -0.39 is 0 Å². The maximum absolute atomic E-state index is 13.0. The summed E-state index contributed by atoms with van der Waals surface area (Å²) in [5.74, 6) is -0.315. The minimum atomic E-state index is -0.272. The molecule has 20 heavy (non-hydrogen) atoms. The van der Waals surface area contributed by atoms with Crippen LogP contribution in [0.5, 0.6) is 0 Å². The number of amidine groups is 1. The van der Waals surface area contributed by atoms with E-state index in [0.29, 0.717) is 12.2 Å². The molecule has 0 aliphatic rings. The highest BCUT2D eigenvalue weighted by molar-refractivity contribution is 5.96. The summed E-state index contributed by atoms with van der Waals surface area (Å²) in [6.07, 6.45) is 1.57. The van der Waals surface area contributed by atoms with Crippen molar-refractivity contribution in [2.75, 3.05) is 5.32 Å². The van der Waals surface area contributed by atoms with Gasteiger partial charge < -0.3 is 16.3 Å². The summed E-state index contributed by atoms with van der Waals surface area (Å²) in [5.41, 5.74) is 8.40. The van der Waals surface area contributed by atoms with Gasteiger partial charge in [0.2, 0.25) is 0 Å². The minimum Gasteiger partial charge on any atom is -0.409 e. The first-order chi connectivity index (χ1) is 9.61. The molecule has 0 aliphatic heterocycles. The number of nitrogens with two attached hydrogens (primary N) is 1. The quantitative estimate of drug-likeness (QED) is 0.345. The van der Waals surface area contributed by atoms with Gasteiger partial charge in [-0.1, -0.05) is 11.2 Å². The number of nitrogens with one attached hydrogen (secondary N) is 1. The van der Waals surface area contributed by atoms with Crippen LogP contribution in [0.4, 0.5) is 10.1 Å². The van der Waals surface area contributed by atoms with Gasteiger partial charge in [0.1, 0.15) is 11.5 Å². The Morgan fingerprint density at radius 2 is 2.25 bits per heavy atom. The van der Waals surface area contributed by atoms with Crippen molar-refractivity contribution >= 4 is 11.5 Å². The molecule has 2 rings (SSSR count). The Morgan fingerprint density at radius 3 is 2.95 bits per heavy atom. The molecule has 0 unspecified atom stereocenters. The standard InChI is InChI=1S/C14H15FN4O/c1-9-7-11(15)4-5-12(9)18-8-10-3-2-6-17-13(10)14(16)19-20/h2-7,18,20H,8H2,1H3,(H2,16,19). The van der Waals surface area contributed by atoms with Crippen molar-refractivity contribution in [2.45, 2.75) is 13.5 Å². The largest absolute Gasteiger partial charge is 0.409 e. The zero-order valence-corrected chi connectivity index (χ0v) is 11.0. The second-order valence-corrected chi connectivity index (χ2v) is 4.31. The minimum absolute atomic E-state index is 0.0433. The maximum atomic E-state index is 13.0. The predicted molar refractivity (Wildman–Crippen MR) is 75.2 cm³/mol. The first-order valence-corrected chi connectivity index (χ1v) is 6.03. The number of hydrogen-bond acceptors (Lipinski definition) is 4. The Labute approximate surface area is 116 Å². The van der Waals surface area contributed by atoms with Crippen molar-refractivity contribution in [1.29, 1.82) is 0 Å². The van der Waals surface area contributed by atoms with Crippen molar-refractivity contribution in [1.82, 2.24) is 4.98 Å². The van der Waals surface area contributed by atoms with Gasteiger partial charge in [-0.3, -0.25) is 4.98 Å². The third-order valence-corrected chi connectivity index (χ3v) is 2.90. The lowest BCUT2D eigenvalue weighted by molar-refractivity contribution is 0.318. The zero-order chi connectivity index (χ0) is 14.5. The number of aromatic nitrogens is 1. The van der Waals surface area contributed by atoms with Crippen LogP contribution in [0.25, 0.3) is 0 Å². The molecule has 0 bridgehead atoms. The Balaban J connectivity index is 2.19. The van der Waals surface area contributed by atoms with Crippen LogP contribution in [-0.4, -0.2) is 16.0 Å². The number of aryl methyl sites for hydroxylation is 1. The van der Waals surface area contributed by atoms with E-state index in [-0.39, 0.29) is 11.7 Å². The summed E-state index contributed by atoms with van der Waals surface area (Å²) in [5, 5.41) is 14.9. The predicted octanol–water partition coefficient (Wildman–Crippen LogP) is 2.24. The number of nitrogens with zero attached hydrogens (tertiary/aromatic N) is 2. The van der Waals surface area contributed by atoms with Gasteiger partial charge in [0.25, 0.3) is 0 Å². The summed E-state index contributed by atoms with van der Waals surface area (Å²) >= 11 is 0. The van der Waals surface area contributed by atoms with Crippen LogP contribution in [-0.2, 0) is 6.54 Å². The second-order valence-electron chi connectivity index (χ2n) is 4.31. The molecule has 0 atom stereocenters. The molecule has 4 N–H and O–H groups in total. The number of anilines is 1. The van der Waals surface area contributed by atoms with E-state index in [1.54, 1.807) is 18.3 Å². The van der Waals surface area contributed by atoms with E-state index in [4.69, 9.17) is 10.9 Å². The number of rotatable bonds is 4. The Kier molecular flexibility index (Phi) is 4.14. The highest BCUT2D eigenvalue weighted by atomic mass is 19.1. The van der Waals surface area contributed by atoms with Crippen molar-refractivity contribution in [3.8, 4) is 0 Å². The van der Waals surface area contributed by atoms with Crippen LogP contribution in [0.1, 0.15) is 16.8 Å². The fraction of sp³-hybridized carbons (Fsp3) is 0.143. The SMILES string of the molecule is Cc1cc(F)ccc1NCc1cccnc1C(N)=NO. The van der Waals surface area contributed by atoms with Gasteiger partial charge in [-0.05, 0) is 36.8 Å². The molecular weight excluding hydrogens is 259 g/mol. The molecule has 0 saturated carbocycles. The number of benzene rings is 1. The van der Waals surface area contributed by atoms with Crippen LogP contribution >= 0.6 is 0 Å². The molecule has 0 fully saturated rings. The van der Waals surface area contributed by atoms with Gasteiger partial charge >= 0.3 is 0 Å². The van der Waals surface area contributed by atoms with E-state index in [1.807, 2.05) is 13.0 Å². The average Bonchev–Trinajstić information content (AvgIpc) is 2.46. The van der Waals surface area contributed by atoms with Gasteiger partial charge in [-0.15, -0.1) is 0 Å². The summed E-state index contributed by atoms with van der Waals surface area (Å²) in [6.45, 7) is 2.25. The van der Waals surface area contributed by atoms with E-state index >= 15 is 0 Å². The van der Waals surface area contributed by atoms with Gasteiger partial charge in [-0.2, -0.15) is 0 Å². The average molecular weight is 274 g/mol. The van der Waals surface area contributed by atoms with Crippen LogP contribution in [0.2, 0.25) is 0 Å². The number of oxime groups is 1. The maximum Gasteiger partial charge on any atom is 0.189 e. The number of pyridine rings is 1. The lowest BCUT2D eigenvalue weighted by Gasteiger charge is -2.11. The van der Waals surface area contributed by atoms with Gasteiger partial charge in [0, 0.05) is 24.0 Å². The summed E-state index contributed by atoms with van der Waals surface area (Å²) in [7, 11) is 0. The normalized spacial score (nSPS) is 11.4. The summed E-state index contributed by atoms with van der Waals surface area (Å²) in [6, 6.07) is 8.11. The molecule has 1 heterocycles. The van der Waals surface area contributed by atoms with E-state index in [0.717, 1.165) is 16.8 Å². The molecule has 1 aromatic heterocycles. The first kappa shape index (κ1) is 13.8. The summed E-state index contributed by atoms with van der Waals surface area (Å²) in [4.78, 5) is 4.08. The van der Waals surface area contributed by atoms with Gasteiger partial charge in [-0.25, -0.2) is 4.39 Å². The third kappa shape index (κ3) is 3.03. The fourth-order valence-corrected chi connectivity index (χ4v) is 1.88. The van der Waals surface area contributed by atoms with E-state index in [2.05, 4.69) is 15.5 Å². The lowest BCUT2D eigenvalue weighted by Crippen LogP contribution is -2.18. The highest BCUT2D eigenvalue weighted by Crippen LogP contribution is 2.17. The van der Waals surface area contributed by atoms with E-state index in [9.17, 15) is 4.39 Å². The van der Waals surface area contributed by atoms with Crippen LogP contribution in [0.3, 0.4) is 0 Å². The molecule has 6 heteroatoms. The molecule has 0 spiro atoms. The van der Waals surface area contributed by atoms with Crippen molar-refractivity contribution < 1.29 is 9.60 Å². The fourth-order valence-electron chi connectivity index (χ4n) is 1.88. The van der Waals surface area contributed by atoms with Crippen LogP contribution < -0.4 is 11.1 Å². The van der Waals surface area contributed by atoms with Gasteiger partial charge in [0.05, 0.1) is 0 Å². The smallest absolute Gasteiger partial charge is 0.189 e. The molecule has 0 radical (unpaired) electrons. The Bertz CT molecular complexity index is 643. The number of hydrogen-bond donors (Lipinski definition) is 3. The van der Waals surface area contributed by atoms with Crippen molar-refractivity contribution in [3.05, 3.63) is 59.2 Å². The van der Waals surface area contributed by atoms with Crippen molar-refractivity contribution in [3.63, 3.8) is 0 Å². The Hall–Kier alpha value is -2.63. The molecule has 104 valence electrons. The topological polar surface area (TPSA) is 83.5 Å². The highest BCUT2D eigenvalue weighted by Gasteiger charge is 2.08.